The molecule has 0 radical (unpaired) electrons. The summed E-state index contributed by atoms with van der Waals surface area (Å²) in [5, 5.41) is 8.76. The van der Waals surface area contributed by atoms with Crippen LogP contribution >= 0.6 is 11.6 Å². The first kappa shape index (κ1) is 13.4. The van der Waals surface area contributed by atoms with Gasteiger partial charge in [0.15, 0.2) is 11.6 Å². The maximum atomic E-state index is 13.8. The zero-order valence-electron chi connectivity index (χ0n) is 10.1. The Morgan fingerprint density at radius 2 is 1.89 bits per heavy atom. The Kier molecular flexibility index (Phi) is 4.38. The van der Waals surface area contributed by atoms with Gasteiger partial charge in [0.1, 0.15) is 6.61 Å². The van der Waals surface area contributed by atoms with E-state index in [-0.39, 0.29) is 23.8 Å². The van der Waals surface area contributed by atoms with Crippen molar-refractivity contribution in [1.29, 1.82) is 5.26 Å². The lowest BCUT2D eigenvalue weighted by molar-refractivity contribution is 0.290. The molecule has 0 atom stereocenters. The monoisotopic (exact) mass is 275 g/mol. The van der Waals surface area contributed by atoms with Crippen LogP contribution in [0.15, 0.2) is 42.5 Å². The Balaban J connectivity index is 2.15. The van der Waals surface area contributed by atoms with E-state index in [1.807, 2.05) is 36.4 Å². The molecule has 0 bridgehead atoms. The van der Waals surface area contributed by atoms with Gasteiger partial charge in [0.25, 0.3) is 0 Å². The fraction of sp³-hybridized carbons (Fsp3) is 0.133. The summed E-state index contributed by atoms with van der Waals surface area (Å²) < 4.78 is 19.2. The molecule has 2 aromatic carbocycles. The third-order valence-electron chi connectivity index (χ3n) is 2.57. The van der Waals surface area contributed by atoms with E-state index in [1.54, 1.807) is 6.07 Å². The van der Waals surface area contributed by atoms with Crippen LogP contribution in [0.4, 0.5) is 4.39 Å². The molecule has 0 amide bonds. The van der Waals surface area contributed by atoms with Crippen molar-refractivity contribution >= 4 is 11.6 Å². The summed E-state index contributed by atoms with van der Waals surface area (Å²) in [7, 11) is 0. The number of rotatable bonds is 4. The van der Waals surface area contributed by atoms with E-state index in [9.17, 15) is 4.39 Å². The van der Waals surface area contributed by atoms with Crippen molar-refractivity contribution in [2.45, 2.75) is 13.0 Å². The van der Waals surface area contributed by atoms with Crippen LogP contribution in [-0.2, 0) is 13.0 Å². The van der Waals surface area contributed by atoms with Gasteiger partial charge in [0, 0.05) is 0 Å². The second-order valence-electron chi connectivity index (χ2n) is 4.00. The number of halogens is 2. The number of hydrogen-bond acceptors (Lipinski definition) is 2. The number of benzene rings is 2. The van der Waals surface area contributed by atoms with Crippen LogP contribution in [0, 0.1) is 17.1 Å². The van der Waals surface area contributed by atoms with Crippen LogP contribution in [-0.4, -0.2) is 0 Å². The SMILES string of the molecule is N#CCc1cc(F)c(OCc2ccccc2)c(Cl)c1. The van der Waals surface area contributed by atoms with Gasteiger partial charge in [-0.25, -0.2) is 4.39 Å². The van der Waals surface area contributed by atoms with Crippen molar-refractivity contribution in [1.82, 2.24) is 0 Å². The van der Waals surface area contributed by atoms with Crippen LogP contribution in [0.2, 0.25) is 5.02 Å². The predicted octanol–water partition coefficient (Wildman–Crippen LogP) is 4.12. The molecule has 0 N–H and O–H groups in total. The summed E-state index contributed by atoms with van der Waals surface area (Å²) >= 11 is 5.96. The highest BCUT2D eigenvalue weighted by Gasteiger charge is 2.11. The minimum absolute atomic E-state index is 0.0206. The van der Waals surface area contributed by atoms with Gasteiger partial charge in [-0.3, -0.25) is 0 Å². The summed E-state index contributed by atoms with van der Waals surface area (Å²) in [5.74, 6) is -0.527. The van der Waals surface area contributed by atoms with Gasteiger partial charge in [-0.15, -0.1) is 0 Å². The van der Waals surface area contributed by atoms with Gasteiger partial charge in [-0.05, 0) is 23.3 Å². The van der Waals surface area contributed by atoms with Crippen molar-refractivity contribution in [2.75, 3.05) is 0 Å². The van der Waals surface area contributed by atoms with Crippen LogP contribution in [0.1, 0.15) is 11.1 Å². The largest absolute Gasteiger partial charge is 0.484 e. The number of nitriles is 1. The van der Waals surface area contributed by atoms with E-state index in [2.05, 4.69) is 0 Å². The normalized spacial score (nSPS) is 9.95. The summed E-state index contributed by atoms with van der Waals surface area (Å²) in [6, 6.07) is 14.2. The first-order valence-electron chi connectivity index (χ1n) is 5.72. The quantitative estimate of drug-likeness (QED) is 0.841. The van der Waals surface area contributed by atoms with Crippen LogP contribution in [0.3, 0.4) is 0 Å². The molecule has 0 aromatic heterocycles. The fourth-order valence-corrected chi connectivity index (χ4v) is 1.96. The molecule has 0 aliphatic carbocycles. The number of ether oxygens (including phenoxy) is 1. The van der Waals surface area contributed by atoms with Crippen molar-refractivity contribution < 1.29 is 9.13 Å². The topological polar surface area (TPSA) is 33.0 Å². The maximum Gasteiger partial charge on any atom is 0.174 e. The number of hydrogen-bond donors (Lipinski definition) is 0. The molecule has 2 nitrogen and oxygen atoms in total. The van der Waals surface area contributed by atoms with Gasteiger partial charge in [0.05, 0.1) is 17.5 Å². The fourth-order valence-electron chi connectivity index (χ4n) is 1.67. The van der Waals surface area contributed by atoms with Crippen molar-refractivity contribution in [3.63, 3.8) is 0 Å². The third-order valence-corrected chi connectivity index (χ3v) is 2.85. The lowest BCUT2D eigenvalue weighted by Crippen LogP contribution is -1.99. The van der Waals surface area contributed by atoms with Crippen molar-refractivity contribution in [3.8, 4) is 11.8 Å². The smallest absolute Gasteiger partial charge is 0.174 e. The van der Waals surface area contributed by atoms with E-state index in [0.717, 1.165) is 5.56 Å². The highest BCUT2D eigenvalue weighted by Crippen LogP contribution is 2.30. The summed E-state index contributed by atoms with van der Waals surface area (Å²) in [5.41, 5.74) is 1.47. The molecule has 0 aliphatic rings. The molecule has 0 saturated carbocycles. The summed E-state index contributed by atoms with van der Waals surface area (Å²) in [4.78, 5) is 0. The number of nitrogens with zero attached hydrogens (tertiary/aromatic N) is 1. The first-order chi connectivity index (χ1) is 9.20. The lowest BCUT2D eigenvalue weighted by atomic mass is 10.1. The highest BCUT2D eigenvalue weighted by molar-refractivity contribution is 6.32. The van der Waals surface area contributed by atoms with E-state index in [4.69, 9.17) is 21.6 Å². The molecule has 2 rings (SSSR count). The minimum atomic E-state index is -0.548. The van der Waals surface area contributed by atoms with Crippen molar-refractivity contribution in [2.24, 2.45) is 0 Å². The third kappa shape index (κ3) is 3.46. The standard InChI is InChI=1S/C15H11ClFNO/c16-13-8-12(6-7-18)9-14(17)15(13)19-10-11-4-2-1-3-5-11/h1-5,8-9H,6,10H2. The van der Waals surface area contributed by atoms with Gasteiger partial charge in [-0.1, -0.05) is 41.9 Å². The molecule has 4 heteroatoms. The summed E-state index contributed by atoms with van der Waals surface area (Å²) in [6.45, 7) is 0.245. The Hall–Kier alpha value is -2.05. The van der Waals surface area contributed by atoms with Crippen LogP contribution in [0.5, 0.6) is 5.75 Å². The molecule has 96 valence electrons. The second kappa shape index (κ2) is 6.21. The molecule has 0 spiro atoms. The maximum absolute atomic E-state index is 13.8. The molecule has 0 heterocycles. The lowest BCUT2D eigenvalue weighted by Gasteiger charge is -2.10. The average Bonchev–Trinajstić information content (AvgIpc) is 2.39. The predicted molar refractivity (Wildman–Crippen MR) is 71.5 cm³/mol. The van der Waals surface area contributed by atoms with Crippen LogP contribution < -0.4 is 4.74 Å². The van der Waals surface area contributed by atoms with E-state index in [0.29, 0.717) is 5.56 Å². The minimum Gasteiger partial charge on any atom is -0.484 e. The average molecular weight is 276 g/mol. The summed E-state index contributed by atoms with van der Waals surface area (Å²) in [6.07, 6.45) is 0.121. The van der Waals surface area contributed by atoms with Gasteiger partial charge in [0.2, 0.25) is 0 Å². The first-order valence-corrected chi connectivity index (χ1v) is 6.10. The van der Waals surface area contributed by atoms with E-state index >= 15 is 0 Å². The van der Waals surface area contributed by atoms with Crippen molar-refractivity contribution in [3.05, 3.63) is 64.4 Å². The molecular weight excluding hydrogens is 265 g/mol. The Labute approximate surface area is 116 Å². The molecule has 0 aliphatic heterocycles. The van der Waals surface area contributed by atoms with Gasteiger partial charge < -0.3 is 4.74 Å². The molecule has 0 saturated heterocycles. The Bertz CT molecular complexity index is 584. The molecular formula is C15H11ClFNO. The van der Waals surface area contributed by atoms with Gasteiger partial charge >= 0.3 is 0 Å². The van der Waals surface area contributed by atoms with E-state index in [1.165, 1.54) is 6.07 Å². The highest BCUT2D eigenvalue weighted by atomic mass is 35.5. The zero-order valence-corrected chi connectivity index (χ0v) is 10.8. The molecule has 2 aromatic rings. The Morgan fingerprint density at radius 3 is 2.53 bits per heavy atom. The zero-order chi connectivity index (χ0) is 13.7. The molecule has 0 unspecified atom stereocenters. The van der Waals surface area contributed by atoms with Crippen LogP contribution in [0.25, 0.3) is 0 Å². The molecule has 19 heavy (non-hydrogen) atoms. The second-order valence-corrected chi connectivity index (χ2v) is 4.40. The van der Waals surface area contributed by atoms with E-state index < -0.39 is 5.82 Å². The Morgan fingerprint density at radius 1 is 1.16 bits per heavy atom. The van der Waals surface area contributed by atoms with Gasteiger partial charge in [-0.2, -0.15) is 5.26 Å². The molecule has 0 fully saturated rings.